The van der Waals surface area contributed by atoms with Crippen molar-refractivity contribution in [2.45, 2.75) is 30.7 Å². The van der Waals surface area contributed by atoms with E-state index in [2.05, 4.69) is 41.6 Å². The van der Waals surface area contributed by atoms with E-state index in [1.54, 1.807) is 6.20 Å². The summed E-state index contributed by atoms with van der Waals surface area (Å²) in [6, 6.07) is 1.53. The number of nitrogens with one attached hydrogen (secondary N) is 1. The van der Waals surface area contributed by atoms with Crippen LogP contribution in [0.2, 0.25) is 0 Å². The van der Waals surface area contributed by atoms with Gasteiger partial charge in [-0.2, -0.15) is 0 Å². The summed E-state index contributed by atoms with van der Waals surface area (Å²) in [5.41, 5.74) is -0.499. The molecule has 1 N–H and O–H groups in total. The van der Waals surface area contributed by atoms with Crippen molar-refractivity contribution in [1.82, 2.24) is 9.71 Å². The molecule has 0 saturated carbocycles. The number of sulfonamides is 1. The third kappa shape index (κ3) is 4.01. The highest BCUT2D eigenvalue weighted by molar-refractivity contribution is 9.10. The van der Waals surface area contributed by atoms with Crippen molar-refractivity contribution in [1.29, 1.82) is 0 Å². The minimum atomic E-state index is -3.54. The minimum absolute atomic E-state index is 0.160. The molecule has 1 atom stereocenters. The fourth-order valence-electron chi connectivity index (χ4n) is 1.12. The molecular formula is C10H14Br2N2O2S. The maximum absolute atomic E-state index is 12.1. The zero-order chi connectivity index (χ0) is 13.1. The Labute approximate surface area is 119 Å². The van der Waals surface area contributed by atoms with E-state index >= 15 is 0 Å². The van der Waals surface area contributed by atoms with Crippen molar-refractivity contribution < 1.29 is 8.42 Å². The molecule has 0 saturated heterocycles. The van der Waals surface area contributed by atoms with Crippen LogP contribution in [0.15, 0.2) is 27.8 Å². The zero-order valence-electron chi connectivity index (χ0n) is 9.57. The van der Waals surface area contributed by atoms with Crippen LogP contribution in [-0.4, -0.2) is 24.3 Å². The van der Waals surface area contributed by atoms with Crippen molar-refractivity contribution in [3.63, 3.8) is 0 Å². The molecule has 17 heavy (non-hydrogen) atoms. The van der Waals surface area contributed by atoms with Gasteiger partial charge in [-0.05, 0) is 35.3 Å². The predicted molar refractivity (Wildman–Crippen MR) is 74.7 cm³/mol. The molecule has 1 rings (SSSR count). The fourth-order valence-corrected chi connectivity index (χ4v) is 3.82. The van der Waals surface area contributed by atoms with Gasteiger partial charge < -0.3 is 0 Å². The van der Waals surface area contributed by atoms with Crippen LogP contribution in [0, 0.1) is 0 Å². The Morgan fingerprint density at radius 3 is 2.59 bits per heavy atom. The van der Waals surface area contributed by atoms with E-state index in [1.165, 1.54) is 12.3 Å². The monoisotopic (exact) mass is 384 g/mol. The first-order valence-electron chi connectivity index (χ1n) is 5.03. The lowest BCUT2D eigenvalue weighted by Crippen LogP contribution is -2.46. The maximum Gasteiger partial charge on any atom is 0.242 e. The summed E-state index contributed by atoms with van der Waals surface area (Å²) in [6.45, 7) is 3.79. The first kappa shape index (κ1) is 15.1. The van der Waals surface area contributed by atoms with E-state index in [-0.39, 0.29) is 4.90 Å². The molecule has 0 aliphatic carbocycles. The van der Waals surface area contributed by atoms with Crippen molar-refractivity contribution in [3.05, 3.63) is 22.9 Å². The quantitative estimate of drug-likeness (QED) is 0.792. The van der Waals surface area contributed by atoms with Gasteiger partial charge in [-0.3, -0.25) is 4.98 Å². The Hall–Kier alpha value is 0.0200. The Bertz CT molecular complexity index is 487. The van der Waals surface area contributed by atoms with Crippen LogP contribution < -0.4 is 4.72 Å². The number of nitrogens with zero attached hydrogens (tertiary/aromatic N) is 1. The highest BCUT2D eigenvalue weighted by atomic mass is 79.9. The summed E-state index contributed by atoms with van der Waals surface area (Å²) < 4.78 is 27.6. The third-order valence-electron chi connectivity index (χ3n) is 2.45. The second kappa shape index (κ2) is 5.77. The smallest absolute Gasteiger partial charge is 0.242 e. The molecule has 0 bridgehead atoms. The van der Waals surface area contributed by atoms with E-state index < -0.39 is 15.6 Å². The summed E-state index contributed by atoms with van der Waals surface area (Å²) in [7, 11) is -3.54. The molecule has 0 fully saturated rings. The van der Waals surface area contributed by atoms with Gasteiger partial charge in [0.25, 0.3) is 0 Å². The molecule has 0 radical (unpaired) electrons. The Morgan fingerprint density at radius 2 is 2.12 bits per heavy atom. The second-order valence-corrected chi connectivity index (χ2v) is 7.15. The molecule has 4 nitrogen and oxygen atoms in total. The van der Waals surface area contributed by atoms with Crippen molar-refractivity contribution in [2.75, 3.05) is 5.33 Å². The summed E-state index contributed by atoms with van der Waals surface area (Å²) in [5, 5.41) is 0.553. The molecule has 1 unspecified atom stereocenters. The largest absolute Gasteiger partial charge is 0.262 e. The van der Waals surface area contributed by atoms with Crippen LogP contribution >= 0.6 is 31.9 Å². The van der Waals surface area contributed by atoms with E-state index in [0.717, 1.165) is 0 Å². The second-order valence-electron chi connectivity index (χ2n) is 3.99. The van der Waals surface area contributed by atoms with E-state index in [1.807, 2.05) is 13.8 Å². The molecule has 1 aromatic heterocycles. The Morgan fingerprint density at radius 1 is 1.47 bits per heavy atom. The summed E-state index contributed by atoms with van der Waals surface area (Å²) in [4.78, 5) is 4.01. The number of halogens is 2. The van der Waals surface area contributed by atoms with Gasteiger partial charge in [-0.1, -0.05) is 22.9 Å². The molecule has 0 aliphatic heterocycles. The van der Waals surface area contributed by atoms with Crippen LogP contribution in [0.1, 0.15) is 20.3 Å². The number of alkyl halides is 1. The number of pyridine rings is 1. The lowest BCUT2D eigenvalue weighted by atomic mass is 10.0. The summed E-state index contributed by atoms with van der Waals surface area (Å²) in [5.74, 6) is 0. The Balaban J connectivity index is 3.05. The van der Waals surface area contributed by atoms with Crippen LogP contribution in [0.5, 0.6) is 0 Å². The molecule has 0 aromatic carbocycles. The zero-order valence-corrected chi connectivity index (χ0v) is 13.6. The van der Waals surface area contributed by atoms with Gasteiger partial charge in [0.1, 0.15) is 4.90 Å². The summed E-state index contributed by atoms with van der Waals surface area (Å²) in [6.07, 6.45) is 3.57. The molecular weight excluding hydrogens is 372 g/mol. The van der Waals surface area contributed by atoms with Gasteiger partial charge in [0, 0.05) is 27.7 Å². The third-order valence-corrected chi connectivity index (χ3v) is 5.72. The van der Waals surface area contributed by atoms with Gasteiger partial charge in [-0.15, -0.1) is 0 Å². The van der Waals surface area contributed by atoms with E-state index in [0.29, 0.717) is 16.2 Å². The molecule has 7 heteroatoms. The Kier molecular flexibility index (Phi) is 5.12. The number of hydrogen-bond donors (Lipinski definition) is 1. The molecule has 0 spiro atoms. The van der Waals surface area contributed by atoms with Crippen molar-refractivity contribution in [2.24, 2.45) is 0 Å². The van der Waals surface area contributed by atoms with Crippen molar-refractivity contribution in [3.8, 4) is 0 Å². The highest BCUT2D eigenvalue weighted by Crippen LogP contribution is 2.19. The van der Waals surface area contributed by atoms with Crippen molar-refractivity contribution >= 4 is 41.9 Å². The number of rotatable bonds is 5. The SMILES string of the molecule is CCC(C)(CBr)NS(=O)(=O)c1cncc(Br)c1. The molecule has 0 amide bonds. The molecule has 96 valence electrons. The number of aromatic nitrogens is 1. The van der Waals surface area contributed by atoms with E-state index in [4.69, 9.17) is 0 Å². The van der Waals surface area contributed by atoms with Crippen LogP contribution in [0.3, 0.4) is 0 Å². The molecule has 0 aliphatic rings. The lowest BCUT2D eigenvalue weighted by molar-refractivity contribution is 0.449. The van der Waals surface area contributed by atoms with Gasteiger partial charge in [0.05, 0.1) is 0 Å². The van der Waals surface area contributed by atoms with E-state index in [9.17, 15) is 8.42 Å². The van der Waals surface area contributed by atoms with Crippen LogP contribution in [0.4, 0.5) is 0 Å². The predicted octanol–water partition coefficient (Wildman–Crippen LogP) is 2.69. The average Bonchev–Trinajstić information content (AvgIpc) is 2.28. The van der Waals surface area contributed by atoms with Gasteiger partial charge >= 0.3 is 0 Å². The fraction of sp³-hybridized carbons (Fsp3) is 0.500. The topological polar surface area (TPSA) is 59.1 Å². The first-order valence-corrected chi connectivity index (χ1v) is 8.43. The standard InChI is InChI=1S/C10H14Br2N2O2S/c1-3-10(2,7-11)14-17(15,16)9-4-8(12)5-13-6-9/h4-6,14H,3,7H2,1-2H3. The van der Waals surface area contributed by atoms with Gasteiger partial charge in [0.15, 0.2) is 0 Å². The minimum Gasteiger partial charge on any atom is -0.262 e. The normalized spacial score (nSPS) is 15.5. The first-order chi connectivity index (χ1) is 7.83. The van der Waals surface area contributed by atoms with Crippen LogP contribution in [-0.2, 0) is 10.0 Å². The number of hydrogen-bond acceptors (Lipinski definition) is 3. The highest BCUT2D eigenvalue weighted by Gasteiger charge is 2.28. The van der Waals surface area contributed by atoms with Gasteiger partial charge in [-0.25, -0.2) is 13.1 Å². The lowest BCUT2D eigenvalue weighted by Gasteiger charge is -2.26. The molecule has 1 aromatic rings. The average molecular weight is 386 g/mol. The van der Waals surface area contributed by atoms with Crippen LogP contribution in [0.25, 0.3) is 0 Å². The maximum atomic E-state index is 12.1. The summed E-state index contributed by atoms with van der Waals surface area (Å²) >= 11 is 6.52. The van der Waals surface area contributed by atoms with Gasteiger partial charge in [0.2, 0.25) is 10.0 Å². The molecule has 1 heterocycles.